The number of hydrogen-bond acceptors (Lipinski definition) is 18. The van der Waals surface area contributed by atoms with Gasteiger partial charge >= 0.3 is 5.97 Å². The number of carbonyl (C=O) groups excluding carboxylic acids is 5. The summed E-state index contributed by atoms with van der Waals surface area (Å²) < 4.78 is 35.9. The number of rotatable bonds is 16. The Kier molecular flexibility index (Phi) is 14.4. The van der Waals surface area contributed by atoms with Crippen molar-refractivity contribution in [3.05, 3.63) is 51.6 Å². The van der Waals surface area contributed by atoms with Crippen molar-refractivity contribution in [2.75, 3.05) is 71.6 Å². The first-order chi connectivity index (χ1) is 31.6. The maximum absolute atomic E-state index is 14.2. The lowest BCUT2D eigenvalue weighted by Gasteiger charge is -2.43. The number of carboxylic acids is 1. The molecule has 6 aliphatic rings. The Labute approximate surface area is 384 Å². The zero-order valence-corrected chi connectivity index (χ0v) is 37.8. The van der Waals surface area contributed by atoms with Gasteiger partial charge in [0, 0.05) is 80.9 Å². The summed E-state index contributed by atoms with van der Waals surface area (Å²) in [6.07, 6.45) is -4.23. The highest BCUT2D eigenvalue weighted by molar-refractivity contribution is 7.99. The molecule has 4 heterocycles. The minimum absolute atomic E-state index is 0.00511. The molecular formula is C45H56N4O16S. The Bertz CT molecular complexity index is 2250. The average Bonchev–Trinajstić information content (AvgIpc) is 3.69. The molecule has 2 aromatic rings. The molecule has 21 heteroatoms. The molecule has 20 nitrogen and oxygen atoms in total. The number of ether oxygens (including phenoxy) is 6. The fourth-order valence-corrected chi connectivity index (χ4v) is 10.9. The van der Waals surface area contributed by atoms with Crippen LogP contribution in [0.2, 0.25) is 0 Å². The van der Waals surface area contributed by atoms with Crippen LogP contribution >= 0.6 is 11.8 Å². The number of carbonyl (C=O) groups is 6. The van der Waals surface area contributed by atoms with Gasteiger partial charge in [0.05, 0.1) is 60.8 Å². The summed E-state index contributed by atoms with van der Waals surface area (Å²) in [7, 11) is 2.86. The number of carboxylic acid groups (broad SMARTS) is 1. The fourth-order valence-electron chi connectivity index (χ4n) is 10.1. The number of methoxy groups -OCH3 is 2. The number of Topliss-reactive ketones (excluding diaryl/α,β-unsaturated/α-hetero) is 1. The van der Waals surface area contributed by atoms with Gasteiger partial charge in [-0.2, -0.15) is 11.8 Å². The van der Waals surface area contributed by atoms with E-state index in [1.54, 1.807) is 0 Å². The number of aliphatic carboxylic acids is 1. The van der Waals surface area contributed by atoms with Crippen molar-refractivity contribution in [3.63, 3.8) is 0 Å². The smallest absolute Gasteiger partial charge is 0.306 e. The number of nitrogens with one attached hydrogen (secondary N) is 2. The van der Waals surface area contributed by atoms with E-state index < -0.39 is 102 Å². The fraction of sp³-hybridized carbons (Fsp3) is 0.600. The average molecular weight is 941 g/mol. The van der Waals surface area contributed by atoms with E-state index in [1.165, 1.54) is 44.2 Å². The molecule has 4 fully saturated rings. The second-order valence-corrected chi connectivity index (χ2v) is 18.6. The van der Waals surface area contributed by atoms with Crippen LogP contribution in [0.1, 0.15) is 88.1 Å². The lowest BCUT2D eigenvalue weighted by molar-refractivity contribution is -0.256. The molecular weight excluding hydrogens is 885 g/mol. The van der Waals surface area contributed by atoms with Gasteiger partial charge in [-0.3, -0.25) is 33.7 Å². The SMILES string of the molecule is COc1cccc2c1C(=O)c1c(O)c3c(c(O)c1C2=O)C[C@@](O)(C(=O)NCC(=O)CCSCC(=O)NCCN1CCC(C(=O)O)CC1)C[C@@H]3O[C@H]1C[C@H]2[C@H](O[C@@H]3[C@@H](OC)OCCN32)[C@H](C)O1. The molecule has 4 aliphatic heterocycles. The third kappa shape index (κ3) is 9.29. The van der Waals surface area contributed by atoms with Crippen molar-refractivity contribution >= 4 is 46.9 Å². The maximum Gasteiger partial charge on any atom is 0.306 e. The Balaban J connectivity index is 0.951. The van der Waals surface area contributed by atoms with E-state index in [0.717, 1.165) is 0 Å². The van der Waals surface area contributed by atoms with Crippen molar-refractivity contribution in [2.24, 2.45) is 5.92 Å². The minimum Gasteiger partial charge on any atom is -0.507 e. The Hall–Kier alpha value is -4.71. The van der Waals surface area contributed by atoms with E-state index in [9.17, 15) is 49.2 Å². The van der Waals surface area contributed by atoms with Crippen LogP contribution in [-0.2, 0) is 49.3 Å². The lowest BCUT2D eigenvalue weighted by atomic mass is 9.72. The Morgan fingerprint density at radius 3 is 2.47 bits per heavy atom. The quantitative estimate of drug-likeness (QED) is 0.0859. The second-order valence-electron chi connectivity index (χ2n) is 17.5. The summed E-state index contributed by atoms with van der Waals surface area (Å²) in [6, 6.07) is 4.16. The molecule has 0 aromatic heterocycles. The van der Waals surface area contributed by atoms with Crippen molar-refractivity contribution in [2.45, 2.75) is 94.2 Å². The van der Waals surface area contributed by atoms with Gasteiger partial charge in [0.1, 0.15) is 29.0 Å². The van der Waals surface area contributed by atoms with Gasteiger partial charge in [0.25, 0.3) is 5.91 Å². The van der Waals surface area contributed by atoms with E-state index >= 15 is 0 Å². The molecule has 4 saturated heterocycles. The summed E-state index contributed by atoms with van der Waals surface area (Å²) >= 11 is 1.24. The first kappa shape index (κ1) is 47.8. The van der Waals surface area contributed by atoms with Gasteiger partial charge in [-0.25, -0.2) is 0 Å². The standard InChI is InChI=1S/C45H56N4O16S/c1-22-40-27(49-14-15-62-43(61-3)41(49)65-40)17-31(63-22)64-29-19-45(59,18-26-33(29)39(55)35-34(37(26)53)36(52)25-5-4-6-28(60-2)32(25)38(35)54)44(58)47-20-24(50)9-16-66-21-30(51)46-10-13-48-11-7-23(8-12-48)42(56)57/h4-6,22-23,27,29,31,40-41,43,53,55,59H,7-21H2,1-3H3,(H,46,51)(H,47,58)(H,56,57)/t22-,27-,29-,31-,40+,41+,43-,45-/m0/s1. The number of fused-ring (bicyclic) bond motifs is 6. The Morgan fingerprint density at radius 2 is 1.74 bits per heavy atom. The number of thioether (sulfide) groups is 1. The first-order valence-corrected chi connectivity index (χ1v) is 23.3. The van der Waals surface area contributed by atoms with Gasteiger partial charge in [0.15, 0.2) is 30.4 Å². The predicted molar refractivity (Wildman–Crippen MR) is 231 cm³/mol. The van der Waals surface area contributed by atoms with Crippen LogP contribution in [0.15, 0.2) is 18.2 Å². The summed E-state index contributed by atoms with van der Waals surface area (Å²) in [5.74, 6) is -5.17. The van der Waals surface area contributed by atoms with E-state index in [0.29, 0.717) is 52.2 Å². The van der Waals surface area contributed by atoms with Crippen LogP contribution in [0.3, 0.4) is 0 Å². The third-order valence-corrected chi connectivity index (χ3v) is 14.5. The van der Waals surface area contributed by atoms with E-state index in [2.05, 4.69) is 20.4 Å². The van der Waals surface area contributed by atoms with Crippen molar-refractivity contribution < 1.29 is 77.6 Å². The summed E-state index contributed by atoms with van der Waals surface area (Å²) in [4.78, 5) is 83.0. The highest BCUT2D eigenvalue weighted by Crippen LogP contribution is 2.53. The summed E-state index contributed by atoms with van der Waals surface area (Å²) in [5, 5.41) is 50.7. The molecule has 2 aliphatic carbocycles. The van der Waals surface area contributed by atoms with Crippen LogP contribution in [0.5, 0.6) is 17.2 Å². The van der Waals surface area contributed by atoms with Gasteiger partial charge in [-0.1, -0.05) is 12.1 Å². The predicted octanol–water partition coefficient (Wildman–Crippen LogP) is 0.871. The molecule has 8 atom stereocenters. The number of piperidine rings is 1. The second kappa shape index (κ2) is 19.9. The molecule has 6 N–H and O–H groups in total. The van der Waals surface area contributed by atoms with Crippen LogP contribution in [0.25, 0.3) is 0 Å². The van der Waals surface area contributed by atoms with Crippen molar-refractivity contribution in [1.82, 2.24) is 20.4 Å². The molecule has 0 bridgehead atoms. The van der Waals surface area contributed by atoms with E-state index in [-0.39, 0.29) is 82.1 Å². The number of ketones is 3. The zero-order chi connectivity index (χ0) is 47.0. The van der Waals surface area contributed by atoms with Crippen LogP contribution in [-0.4, -0.2) is 180 Å². The van der Waals surface area contributed by atoms with E-state index in [4.69, 9.17) is 28.4 Å². The number of benzene rings is 2. The molecule has 2 amide bonds. The largest absolute Gasteiger partial charge is 0.507 e. The minimum atomic E-state index is -2.36. The van der Waals surface area contributed by atoms with Crippen molar-refractivity contribution in [3.8, 4) is 17.2 Å². The van der Waals surface area contributed by atoms with E-state index in [1.807, 2.05) is 6.92 Å². The number of aliphatic hydroxyl groups is 1. The number of phenols is 2. The van der Waals surface area contributed by atoms with Gasteiger partial charge in [-0.15, -0.1) is 0 Å². The monoisotopic (exact) mass is 940 g/mol. The number of nitrogens with zero attached hydrogens (tertiary/aromatic N) is 2. The molecule has 8 rings (SSSR count). The number of likely N-dealkylation sites (tertiary alicyclic amines) is 1. The van der Waals surface area contributed by atoms with Gasteiger partial charge < -0.3 is 64.4 Å². The maximum atomic E-state index is 14.2. The molecule has 0 radical (unpaired) electrons. The van der Waals surface area contributed by atoms with Gasteiger partial charge in [-0.05, 0) is 38.9 Å². The lowest BCUT2D eigenvalue weighted by Crippen LogP contribution is -2.55. The molecule has 66 heavy (non-hydrogen) atoms. The topological polar surface area (TPSA) is 269 Å². The number of aromatic hydroxyl groups is 2. The van der Waals surface area contributed by atoms with Crippen LogP contribution in [0.4, 0.5) is 0 Å². The summed E-state index contributed by atoms with van der Waals surface area (Å²) in [6.45, 7) is 4.58. The third-order valence-electron chi connectivity index (χ3n) is 13.5. The summed E-state index contributed by atoms with van der Waals surface area (Å²) in [5.41, 5.74) is -3.81. The molecule has 358 valence electrons. The number of amides is 2. The zero-order valence-electron chi connectivity index (χ0n) is 36.9. The Morgan fingerprint density at radius 1 is 0.985 bits per heavy atom. The molecule has 0 saturated carbocycles. The number of hydrogen-bond donors (Lipinski definition) is 6. The van der Waals surface area contributed by atoms with Crippen LogP contribution in [0, 0.1) is 5.92 Å². The number of phenolic OH excluding ortho intramolecular Hbond substituents is 2. The van der Waals surface area contributed by atoms with Crippen LogP contribution < -0.4 is 15.4 Å². The molecule has 0 unspecified atom stereocenters. The molecule has 2 aromatic carbocycles. The molecule has 0 spiro atoms. The number of morpholine rings is 1. The highest BCUT2D eigenvalue weighted by atomic mass is 32.2. The normalized spacial score (nSPS) is 28.6. The first-order valence-electron chi connectivity index (χ1n) is 22.2. The van der Waals surface area contributed by atoms with Crippen molar-refractivity contribution in [1.29, 1.82) is 0 Å². The highest BCUT2D eigenvalue weighted by Gasteiger charge is 2.55. The van der Waals surface area contributed by atoms with Gasteiger partial charge in [0.2, 0.25) is 11.7 Å².